The number of likely N-dealkylation sites (N-methyl/N-ethyl adjacent to an activating group) is 1. The third-order valence-corrected chi connectivity index (χ3v) is 4.79. The number of nitrogens with one attached hydrogen (secondary N) is 1. The van der Waals surface area contributed by atoms with Crippen LogP contribution in [0.25, 0.3) is 0 Å². The van der Waals surface area contributed by atoms with E-state index in [4.69, 9.17) is 16.3 Å². The summed E-state index contributed by atoms with van der Waals surface area (Å²) in [5.74, 6) is 0.999. The van der Waals surface area contributed by atoms with Gasteiger partial charge in [0.05, 0.1) is 24.4 Å². The second-order valence-electron chi connectivity index (χ2n) is 7.29. The van der Waals surface area contributed by atoms with Crippen molar-refractivity contribution >= 4 is 17.5 Å². The standard InChI is InChI=1S/C20H29ClN4O2/c1-13(2)12-25-19(21)18(14(3)23-25)20(26)22-11-17(24(4)5)15-7-9-16(27-6)10-8-15/h7-10,13,17H,11-12H2,1-6H3,(H,22,26)/t17-/m1/s1. The van der Waals surface area contributed by atoms with Gasteiger partial charge < -0.3 is 15.0 Å². The Morgan fingerprint density at radius 2 is 1.93 bits per heavy atom. The highest BCUT2D eigenvalue weighted by Crippen LogP contribution is 2.23. The van der Waals surface area contributed by atoms with Gasteiger partial charge in [-0.25, -0.2) is 0 Å². The van der Waals surface area contributed by atoms with E-state index in [0.717, 1.165) is 11.3 Å². The summed E-state index contributed by atoms with van der Waals surface area (Å²) in [5.41, 5.74) is 2.19. The fraction of sp³-hybridized carbons (Fsp3) is 0.500. The Balaban J connectivity index is 2.13. The van der Waals surface area contributed by atoms with E-state index in [1.54, 1.807) is 11.8 Å². The van der Waals surface area contributed by atoms with Gasteiger partial charge >= 0.3 is 0 Å². The van der Waals surface area contributed by atoms with Gasteiger partial charge in [-0.3, -0.25) is 9.48 Å². The van der Waals surface area contributed by atoms with Gasteiger partial charge in [-0.05, 0) is 44.6 Å². The van der Waals surface area contributed by atoms with Crippen molar-refractivity contribution in [2.75, 3.05) is 27.7 Å². The van der Waals surface area contributed by atoms with Crippen LogP contribution < -0.4 is 10.1 Å². The van der Waals surface area contributed by atoms with Gasteiger partial charge in [-0.1, -0.05) is 37.6 Å². The van der Waals surface area contributed by atoms with Crippen molar-refractivity contribution in [2.45, 2.75) is 33.4 Å². The van der Waals surface area contributed by atoms with Crippen molar-refractivity contribution in [3.8, 4) is 5.75 Å². The van der Waals surface area contributed by atoms with Gasteiger partial charge in [0.2, 0.25) is 0 Å². The molecule has 0 saturated carbocycles. The number of hydrogen-bond donors (Lipinski definition) is 1. The quantitative estimate of drug-likeness (QED) is 0.746. The summed E-state index contributed by atoms with van der Waals surface area (Å²) in [4.78, 5) is 14.8. The van der Waals surface area contributed by atoms with Gasteiger partial charge in [0.25, 0.3) is 5.91 Å². The van der Waals surface area contributed by atoms with Crippen LogP contribution in [0.5, 0.6) is 5.75 Å². The van der Waals surface area contributed by atoms with E-state index in [-0.39, 0.29) is 11.9 Å². The Bertz CT molecular complexity index is 769. The van der Waals surface area contributed by atoms with Crippen LogP contribution in [-0.4, -0.2) is 48.3 Å². The second-order valence-corrected chi connectivity index (χ2v) is 7.65. The number of carbonyl (C=O) groups excluding carboxylic acids is 1. The first-order valence-corrected chi connectivity index (χ1v) is 9.43. The predicted octanol–water partition coefficient (Wildman–Crippen LogP) is 3.54. The van der Waals surface area contributed by atoms with Crippen molar-refractivity contribution < 1.29 is 9.53 Å². The molecule has 0 radical (unpaired) electrons. The van der Waals surface area contributed by atoms with Gasteiger partial charge in [0, 0.05) is 13.1 Å². The molecule has 0 unspecified atom stereocenters. The summed E-state index contributed by atoms with van der Waals surface area (Å²) in [5, 5.41) is 7.81. The Morgan fingerprint density at radius 3 is 2.44 bits per heavy atom. The third kappa shape index (κ3) is 5.23. The van der Waals surface area contributed by atoms with Gasteiger partial charge in [-0.2, -0.15) is 5.10 Å². The molecule has 0 fully saturated rings. The van der Waals surface area contributed by atoms with E-state index in [9.17, 15) is 4.79 Å². The Hall–Kier alpha value is -2.05. The number of halogens is 1. The van der Waals surface area contributed by atoms with Gasteiger partial charge in [0.1, 0.15) is 10.9 Å². The van der Waals surface area contributed by atoms with E-state index in [2.05, 4.69) is 29.2 Å². The molecule has 0 aliphatic heterocycles. The van der Waals surface area contributed by atoms with Crippen LogP contribution in [0.2, 0.25) is 5.15 Å². The van der Waals surface area contributed by atoms with Crippen LogP contribution >= 0.6 is 11.6 Å². The zero-order chi connectivity index (χ0) is 20.1. The number of methoxy groups -OCH3 is 1. The largest absolute Gasteiger partial charge is 0.497 e. The van der Waals surface area contributed by atoms with E-state index in [1.807, 2.05) is 45.3 Å². The van der Waals surface area contributed by atoms with Crippen LogP contribution in [0.4, 0.5) is 0 Å². The molecule has 148 valence electrons. The topological polar surface area (TPSA) is 59.4 Å². The highest BCUT2D eigenvalue weighted by Gasteiger charge is 2.22. The van der Waals surface area contributed by atoms with Crippen molar-refractivity contribution in [1.82, 2.24) is 20.0 Å². The lowest BCUT2D eigenvalue weighted by Gasteiger charge is -2.25. The van der Waals surface area contributed by atoms with Gasteiger partial charge in [-0.15, -0.1) is 0 Å². The van der Waals surface area contributed by atoms with Crippen LogP contribution in [0.1, 0.15) is 41.5 Å². The Labute approximate surface area is 166 Å². The van der Waals surface area contributed by atoms with Crippen LogP contribution in [0.3, 0.4) is 0 Å². The molecule has 0 bridgehead atoms. The minimum Gasteiger partial charge on any atom is -0.497 e. The van der Waals surface area contributed by atoms with Crippen molar-refractivity contribution in [1.29, 1.82) is 0 Å². The number of amides is 1. The molecule has 2 rings (SSSR count). The fourth-order valence-corrected chi connectivity index (χ4v) is 3.31. The molecule has 2 aromatic rings. The first-order chi connectivity index (χ1) is 12.7. The molecule has 1 aromatic heterocycles. The number of hydrogen-bond acceptors (Lipinski definition) is 4. The third-order valence-electron chi connectivity index (χ3n) is 4.41. The molecule has 1 N–H and O–H groups in total. The maximum absolute atomic E-state index is 12.8. The lowest BCUT2D eigenvalue weighted by molar-refractivity contribution is 0.0941. The monoisotopic (exact) mass is 392 g/mol. The average Bonchev–Trinajstić information content (AvgIpc) is 2.88. The SMILES string of the molecule is COc1ccc([C@@H](CNC(=O)c2c(C)nn(CC(C)C)c2Cl)N(C)C)cc1. The smallest absolute Gasteiger partial charge is 0.256 e. The maximum Gasteiger partial charge on any atom is 0.256 e. The van der Waals surface area contributed by atoms with E-state index < -0.39 is 0 Å². The van der Waals surface area contributed by atoms with Crippen molar-refractivity contribution in [2.24, 2.45) is 5.92 Å². The molecule has 1 heterocycles. The highest BCUT2D eigenvalue weighted by molar-refractivity contribution is 6.33. The molecule has 1 aromatic carbocycles. The molecule has 1 amide bonds. The first kappa shape index (κ1) is 21.3. The summed E-state index contributed by atoms with van der Waals surface area (Å²) in [7, 11) is 5.62. The molecular weight excluding hydrogens is 364 g/mol. The summed E-state index contributed by atoms with van der Waals surface area (Å²) < 4.78 is 6.91. The maximum atomic E-state index is 12.8. The normalized spacial score (nSPS) is 12.5. The number of aromatic nitrogens is 2. The van der Waals surface area contributed by atoms with Crippen molar-refractivity contribution in [3.05, 3.63) is 46.2 Å². The summed E-state index contributed by atoms with van der Waals surface area (Å²) in [6, 6.07) is 7.89. The summed E-state index contributed by atoms with van der Waals surface area (Å²) >= 11 is 6.41. The van der Waals surface area contributed by atoms with Crippen LogP contribution in [-0.2, 0) is 6.54 Å². The molecule has 0 spiro atoms. The van der Waals surface area contributed by atoms with Crippen molar-refractivity contribution in [3.63, 3.8) is 0 Å². The molecule has 0 saturated heterocycles. The number of ether oxygens (including phenoxy) is 1. The molecule has 1 atom stereocenters. The molecule has 0 aliphatic carbocycles. The van der Waals surface area contributed by atoms with Crippen LogP contribution in [0.15, 0.2) is 24.3 Å². The number of aryl methyl sites for hydroxylation is 1. The Morgan fingerprint density at radius 1 is 1.30 bits per heavy atom. The minimum atomic E-state index is -0.201. The first-order valence-electron chi connectivity index (χ1n) is 9.06. The molecule has 27 heavy (non-hydrogen) atoms. The average molecular weight is 393 g/mol. The lowest BCUT2D eigenvalue weighted by Crippen LogP contribution is -2.34. The highest BCUT2D eigenvalue weighted by atomic mass is 35.5. The number of rotatable bonds is 8. The van der Waals surface area contributed by atoms with E-state index in [1.165, 1.54) is 0 Å². The molecule has 0 aliphatic rings. The number of carbonyl (C=O) groups is 1. The summed E-state index contributed by atoms with van der Waals surface area (Å²) in [6.45, 7) is 7.13. The lowest BCUT2D eigenvalue weighted by atomic mass is 10.1. The molecule has 7 heteroatoms. The van der Waals surface area contributed by atoms with E-state index in [0.29, 0.717) is 35.4 Å². The second kappa shape index (κ2) is 9.24. The van der Waals surface area contributed by atoms with Crippen LogP contribution in [0, 0.1) is 12.8 Å². The number of benzene rings is 1. The number of nitrogens with zero attached hydrogens (tertiary/aromatic N) is 3. The summed E-state index contributed by atoms with van der Waals surface area (Å²) in [6.07, 6.45) is 0. The minimum absolute atomic E-state index is 0.0321. The fourth-order valence-electron chi connectivity index (χ4n) is 2.98. The molecular formula is C20H29ClN4O2. The Kier molecular flexibility index (Phi) is 7.27. The van der Waals surface area contributed by atoms with E-state index >= 15 is 0 Å². The predicted molar refractivity (Wildman–Crippen MR) is 109 cm³/mol. The zero-order valence-corrected chi connectivity index (χ0v) is 17.7. The zero-order valence-electron chi connectivity index (χ0n) is 16.9. The van der Waals surface area contributed by atoms with Gasteiger partial charge in [0.15, 0.2) is 0 Å². The molecule has 6 nitrogen and oxygen atoms in total.